The predicted octanol–water partition coefficient (Wildman–Crippen LogP) is 13.4. The fourth-order valence-electron chi connectivity index (χ4n) is 7.95. The Morgan fingerprint density at radius 2 is 1.38 bits per heavy atom. The Kier molecular flexibility index (Phi) is 7.28. The van der Waals surface area contributed by atoms with Crippen molar-refractivity contribution in [1.29, 1.82) is 0 Å². The van der Waals surface area contributed by atoms with Gasteiger partial charge in [-0.2, -0.15) is 0 Å². The Hall–Kier alpha value is -6.71. The summed E-state index contributed by atoms with van der Waals surface area (Å²) >= 11 is 0. The minimum absolute atomic E-state index is 0.370. The maximum atomic E-state index is 6.58. The van der Waals surface area contributed by atoms with Gasteiger partial charge in [0.1, 0.15) is 11.2 Å². The van der Waals surface area contributed by atoms with Crippen LogP contribution in [0.4, 0.5) is 17.1 Å². The van der Waals surface area contributed by atoms with Crippen LogP contribution in [0.1, 0.15) is 12.0 Å². The molecule has 52 heavy (non-hydrogen) atoms. The largest absolute Gasteiger partial charge is 0.456 e. The number of nitrogens with zero attached hydrogens (tertiary/aromatic N) is 2. The van der Waals surface area contributed by atoms with Crippen LogP contribution in [0.2, 0.25) is 0 Å². The number of aromatic nitrogens is 1. The van der Waals surface area contributed by atoms with Gasteiger partial charge in [-0.25, -0.2) is 0 Å². The van der Waals surface area contributed by atoms with E-state index in [1.54, 1.807) is 0 Å². The fourth-order valence-corrected chi connectivity index (χ4v) is 7.95. The number of benzene rings is 6. The molecule has 0 saturated carbocycles. The minimum Gasteiger partial charge on any atom is -0.456 e. The summed E-state index contributed by atoms with van der Waals surface area (Å²) in [6.07, 6.45) is 18.4. The molecule has 0 spiro atoms. The van der Waals surface area contributed by atoms with E-state index in [4.69, 9.17) is 4.42 Å². The zero-order valence-electron chi connectivity index (χ0n) is 28.5. The quantitative estimate of drug-likeness (QED) is 0.177. The lowest BCUT2D eigenvalue weighted by molar-refractivity contribution is 0.669. The van der Waals surface area contributed by atoms with Crippen LogP contribution in [0.15, 0.2) is 198 Å². The van der Waals surface area contributed by atoms with Gasteiger partial charge in [0.15, 0.2) is 0 Å². The van der Waals surface area contributed by atoms with Gasteiger partial charge in [0.05, 0.1) is 11.1 Å². The number of allylic oxidation sites excluding steroid dienone is 8. The van der Waals surface area contributed by atoms with Crippen LogP contribution in [0.3, 0.4) is 0 Å². The minimum atomic E-state index is 0.370. The third-order valence-corrected chi connectivity index (χ3v) is 10.5. The van der Waals surface area contributed by atoms with E-state index < -0.39 is 0 Å². The lowest BCUT2D eigenvalue weighted by Gasteiger charge is -2.29. The van der Waals surface area contributed by atoms with Crippen molar-refractivity contribution in [2.75, 3.05) is 4.90 Å². The van der Waals surface area contributed by atoms with Crippen molar-refractivity contribution < 1.29 is 4.42 Å². The molecule has 3 nitrogen and oxygen atoms in total. The van der Waals surface area contributed by atoms with Crippen LogP contribution < -0.4 is 4.90 Å². The second kappa shape index (κ2) is 12.6. The summed E-state index contributed by atoms with van der Waals surface area (Å²) in [5.74, 6) is 0.370. The molecule has 1 atom stereocenters. The average Bonchev–Trinajstić information content (AvgIpc) is 3.58. The lowest BCUT2D eigenvalue weighted by Crippen LogP contribution is -2.12. The summed E-state index contributed by atoms with van der Waals surface area (Å²) in [6.45, 7) is 0. The number of hydrogen-bond acceptors (Lipinski definition) is 3. The Balaban J connectivity index is 1.23. The molecule has 0 N–H and O–H groups in total. The van der Waals surface area contributed by atoms with Crippen LogP contribution in [0.5, 0.6) is 0 Å². The molecule has 0 saturated heterocycles. The van der Waals surface area contributed by atoms with Gasteiger partial charge in [-0.15, -0.1) is 0 Å². The Labute approximate surface area is 302 Å². The van der Waals surface area contributed by atoms with E-state index in [2.05, 4.69) is 180 Å². The SMILES string of the molecule is C1=CC2=C(c3cc(N(c4ccc(-c5ccccc5)cc4)c4cccc5oc6cc7ccncc7cc6c45)ccc3-c3ccccc3)C=CCC2C=C1. The zero-order valence-corrected chi connectivity index (χ0v) is 28.5. The summed E-state index contributed by atoms with van der Waals surface area (Å²) in [5, 5.41) is 4.34. The molecule has 0 aliphatic heterocycles. The third kappa shape index (κ3) is 5.18. The van der Waals surface area contributed by atoms with E-state index in [0.717, 1.165) is 56.2 Å². The normalized spacial score (nSPS) is 15.1. The molecule has 3 heteroatoms. The van der Waals surface area contributed by atoms with Crippen molar-refractivity contribution in [3.8, 4) is 22.3 Å². The Morgan fingerprint density at radius 1 is 0.596 bits per heavy atom. The summed E-state index contributed by atoms with van der Waals surface area (Å²) in [6, 6.07) is 50.0. The first-order chi connectivity index (χ1) is 25.8. The van der Waals surface area contributed by atoms with Gasteiger partial charge in [0.2, 0.25) is 0 Å². The first-order valence-electron chi connectivity index (χ1n) is 17.9. The van der Waals surface area contributed by atoms with Gasteiger partial charge in [0.25, 0.3) is 0 Å². The summed E-state index contributed by atoms with van der Waals surface area (Å²) < 4.78 is 6.58. The van der Waals surface area contributed by atoms with Gasteiger partial charge in [-0.05, 0) is 105 Å². The number of pyridine rings is 1. The monoisotopic (exact) mass is 666 g/mol. The zero-order chi connectivity index (χ0) is 34.4. The molecule has 2 aliphatic carbocycles. The lowest BCUT2D eigenvalue weighted by atomic mass is 9.80. The topological polar surface area (TPSA) is 29.3 Å². The second-order valence-electron chi connectivity index (χ2n) is 13.5. The van der Waals surface area contributed by atoms with E-state index in [1.807, 2.05) is 18.5 Å². The number of hydrogen-bond donors (Lipinski definition) is 0. The number of anilines is 3. The third-order valence-electron chi connectivity index (χ3n) is 10.5. The van der Waals surface area contributed by atoms with Crippen molar-refractivity contribution in [2.45, 2.75) is 6.42 Å². The van der Waals surface area contributed by atoms with Gasteiger partial charge >= 0.3 is 0 Å². The van der Waals surface area contributed by atoms with Crippen molar-refractivity contribution in [1.82, 2.24) is 4.98 Å². The summed E-state index contributed by atoms with van der Waals surface area (Å²) in [7, 11) is 0. The molecule has 6 aromatic carbocycles. The van der Waals surface area contributed by atoms with E-state index in [1.165, 1.54) is 39.0 Å². The molecule has 0 fully saturated rings. The maximum Gasteiger partial charge on any atom is 0.137 e. The standard InChI is InChI=1S/C49H34N2O/c1-3-11-33(12-4-1)34-21-23-39(24-22-34)51(46-19-10-20-47-49(46)45-29-38-32-50-28-27-37(38)30-48(45)52-47)40-25-26-42(35-13-5-2-6-14-35)44(31-40)43-18-9-16-36-15-7-8-17-41(36)43/h1-15,17-32,36H,16H2. The number of furan rings is 1. The highest BCUT2D eigenvalue weighted by molar-refractivity contribution is 6.16. The van der Waals surface area contributed by atoms with Crippen LogP contribution in [-0.4, -0.2) is 4.98 Å². The van der Waals surface area contributed by atoms with Crippen molar-refractivity contribution in [3.05, 3.63) is 200 Å². The first-order valence-corrected chi connectivity index (χ1v) is 17.9. The van der Waals surface area contributed by atoms with Gasteiger partial charge in [-0.1, -0.05) is 121 Å². The van der Waals surface area contributed by atoms with Gasteiger partial charge in [0, 0.05) is 40.5 Å². The van der Waals surface area contributed by atoms with Crippen molar-refractivity contribution >= 4 is 55.3 Å². The summed E-state index contributed by atoms with van der Waals surface area (Å²) in [5.41, 5.74) is 13.5. The highest BCUT2D eigenvalue weighted by Gasteiger charge is 2.24. The highest BCUT2D eigenvalue weighted by atomic mass is 16.3. The van der Waals surface area contributed by atoms with Crippen molar-refractivity contribution in [3.63, 3.8) is 0 Å². The molecule has 0 amide bonds. The van der Waals surface area contributed by atoms with E-state index in [0.29, 0.717) is 5.92 Å². The molecule has 0 radical (unpaired) electrons. The average molecular weight is 667 g/mol. The maximum absolute atomic E-state index is 6.58. The number of rotatable bonds is 6. The second-order valence-corrected chi connectivity index (χ2v) is 13.5. The molecule has 0 bridgehead atoms. The number of fused-ring (bicyclic) bond motifs is 5. The molecular weight excluding hydrogens is 633 g/mol. The van der Waals surface area contributed by atoms with Crippen LogP contribution in [0, 0.1) is 5.92 Å². The molecule has 10 rings (SSSR count). The Morgan fingerprint density at radius 3 is 2.23 bits per heavy atom. The van der Waals surface area contributed by atoms with E-state index in [9.17, 15) is 0 Å². The summed E-state index contributed by atoms with van der Waals surface area (Å²) in [4.78, 5) is 6.82. The molecular formula is C49H34N2O. The van der Waals surface area contributed by atoms with Crippen LogP contribution in [0.25, 0.3) is 60.5 Å². The fraction of sp³-hybridized carbons (Fsp3) is 0.0408. The highest BCUT2D eigenvalue weighted by Crippen LogP contribution is 2.47. The van der Waals surface area contributed by atoms with E-state index in [-0.39, 0.29) is 0 Å². The molecule has 1 unspecified atom stereocenters. The first kappa shape index (κ1) is 30.1. The van der Waals surface area contributed by atoms with Crippen molar-refractivity contribution in [2.24, 2.45) is 5.92 Å². The van der Waals surface area contributed by atoms with Crippen LogP contribution in [-0.2, 0) is 0 Å². The molecule has 2 aromatic heterocycles. The van der Waals surface area contributed by atoms with Crippen LogP contribution >= 0.6 is 0 Å². The van der Waals surface area contributed by atoms with E-state index >= 15 is 0 Å². The van der Waals surface area contributed by atoms with Gasteiger partial charge < -0.3 is 9.32 Å². The Bertz CT molecular complexity index is 2750. The predicted molar refractivity (Wildman–Crippen MR) is 217 cm³/mol. The molecule has 246 valence electrons. The molecule has 2 heterocycles. The molecule has 2 aliphatic rings. The molecule has 8 aromatic rings. The smallest absolute Gasteiger partial charge is 0.137 e. The van der Waals surface area contributed by atoms with Gasteiger partial charge in [-0.3, -0.25) is 4.98 Å².